The first-order valence-corrected chi connectivity index (χ1v) is 9.05. The average Bonchev–Trinajstić information content (AvgIpc) is 3.37. The number of amides is 3. The molecule has 2 heterocycles. The lowest BCUT2D eigenvalue weighted by atomic mass is 10.1. The molecule has 1 fully saturated rings. The smallest absolute Gasteiger partial charge is 0.311 e. The highest BCUT2D eigenvalue weighted by molar-refractivity contribution is 6.04. The van der Waals surface area contributed by atoms with Gasteiger partial charge in [0.25, 0.3) is 11.8 Å². The van der Waals surface area contributed by atoms with Crippen LogP contribution in [0.15, 0.2) is 47.1 Å². The van der Waals surface area contributed by atoms with E-state index in [0.29, 0.717) is 18.0 Å². The number of carbonyl (C=O) groups excluding carboxylic acids is 4. The number of hydrogen-bond acceptors (Lipinski definition) is 7. The highest BCUT2D eigenvalue weighted by atomic mass is 16.5. The van der Waals surface area contributed by atoms with E-state index in [2.05, 4.69) is 0 Å². The first kappa shape index (κ1) is 20.1. The molecule has 0 bridgehead atoms. The first-order chi connectivity index (χ1) is 14.0. The molecular weight excluding hydrogens is 380 g/mol. The van der Waals surface area contributed by atoms with Crippen LogP contribution in [0.1, 0.15) is 23.9 Å². The van der Waals surface area contributed by atoms with Crippen LogP contribution in [0.4, 0.5) is 5.69 Å². The van der Waals surface area contributed by atoms with Gasteiger partial charge in [-0.05, 0) is 43.3 Å². The third-order valence-electron chi connectivity index (χ3n) is 4.26. The number of furan rings is 1. The monoisotopic (exact) mass is 400 g/mol. The molecule has 9 nitrogen and oxygen atoms in total. The van der Waals surface area contributed by atoms with Gasteiger partial charge in [-0.25, -0.2) is 0 Å². The average molecular weight is 400 g/mol. The molecule has 1 saturated heterocycles. The number of ether oxygens (including phenoxy) is 2. The zero-order chi connectivity index (χ0) is 20.8. The number of benzene rings is 1. The maximum Gasteiger partial charge on any atom is 0.311 e. The van der Waals surface area contributed by atoms with E-state index in [1.807, 2.05) is 12.2 Å². The maximum absolute atomic E-state index is 12.3. The Hall–Kier alpha value is -3.62. The summed E-state index contributed by atoms with van der Waals surface area (Å²) in [5, 5.41) is 2.05. The van der Waals surface area contributed by atoms with Gasteiger partial charge < -0.3 is 18.8 Å². The van der Waals surface area contributed by atoms with Crippen molar-refractivity contribution >= 4 is 29.4 Å². The van der Waals surface area contributed by atoms with Crippen molar-refractivity contribution in [2.24, 2.45) is 5.92 Å². The van der Waals surface area contributed by atoms with E-state index in [1.165, 1.54) is 23.3 Å². The lowest BCUT2D eigenvalue weighted by molar-refractivity contribution is -0.152. The number of esters is 1. The molecule has 1 aromatic carbocycles. The number of imide groups is 1. The van der Waals surface area contributed by atoms with E-state index in [4.69, 9.17) is 13.9 Å². The highest BCUT2D eigenvalue weighted by Crippen LogP contribution is 2.27. The molecule has 3 rings (SSSR count). The minimum Gasteiger partial charge on any atom is -0.494 e. The molecule has 0 unspecified atom stereocenters. The molecule has 0 spiro atoms. The van der Waals surface area contributed by atoms with Crippen LogP contribution in [0.3, 0.4) is 0 Å². The zero-order valence-corrected chi connectivity index (χ0v) is 15.8. The summed E-state index contributed by atoms with van der Waals surface area (Å²) in [6.07, 6.45) is 1.28. The van der Waals surface area contributed by atoms with E-state index in [0.717, 1.165) is 0 Å². The van der Waals surface area contributed by atoms with Gasteiger partial charge in [-0.15, -0.1) is 0 Å². The molecule has 0 radical (unpaired) electrons. The Balaban J connectivity index is 1.49. The Morgan fingerprint density at radius 3 is 2.62 bits per heavy atom. The standard InChI is InChI=1S/C20H20N2O7/c1-2-27-15-7-5-14(6-8-15)22-11-13(10-18(22)24)20(26)29-12-17(23)21-19(25)16-4-3-9-28-16/h3-9,13H,2,10-12H2,1H3,(H,21,23,25)/t13-/m1/s1. The summed E-state index contributed by atoms with van der Waals surface area (Å²) in [6, 6.07) is 9.88. The lowest BCUT2D eigenvalue weighted by Gasteiger charge is -2.17. The predicted octanol–water partition coefficient (Wildman–Crippen LogP) is 1.53. The molecule has 1 aliphatic rings. The summed E-state index contributed by atoms with van der Waals surface area (Å²) in [7, 11) is 0. The van der Waals surface area contributed by atoms with Crippen LogP contribution in [0, 0.1) is 5.92 Å². The predicted molar refractivity (Wildman–Crippen MR) is 100 cm³/mol. The van der Waals surface area contributed by atoms with Crippen molar-refractivity contribution in [2.75, 3.05) is 24.7 Å². The fourth-order valence-electron chi connectivity index (χ4n) is 2.89. The molecule has 1 aromatic heterocycles. The van der Waals surface area contributed by atoms with Crippen LogP contribution < -0.4 is 15.0 Å². The summed E-state index contributed by atoms with van der Waals surface area (Å²) in [6.45, 7) is 1.94. The summed E-state index contributed by atoms with van der Waals surface area (Å²) in [5.41, 5.74) is 0.649. The molecule has 0 aliphatic carbocycles. The van der Waals surface area contributed by atoms with Gasteiger partial charge in [0.05, 0.1) is 18.8 Å². The van der Waals surface area contributed by atoms with Gasteiger partial charge in [-0.2, -0.15) is 0 Å². The molecule has 0 saturated carbocycles. The van der Waals surface area contributed by atoms with E-state index >= 15 is 0 Å². The third-order valence-corrected chi connectivity index (χ3v) is 4.26. The Morgan fingerprint density at radius 1 is 1.21 bits per heavy atom. The van der Waals surface area contributed by atoms with Crippen molar-refractivity contribution in [1.29, 1.82) is 0 Å². The lowest BCUT2D eigenvalue weighted by Crippen LogP contribution is -2.35. The van der Waals surface area contributed by atoms with Crippen molar-refractivity contribution in [3.8, 4) is 5.75 Å². The van der Waals surface area contributed by atoms with E-state index in [9.17, 15) is 19.2 Å². The summed E-state index contributed by atoms with van der Waals surface area (Å²) < 4.78 is 15.2. The van der Waals surface area contributed by atoms with Gasteiger partial charge in [0.1, 0.15) is 5.75 Å². The summed E-state index contributed by atoms with van der Waals surface area (Å²) in [4.78, 5) is 49.4. The second kappa shape index (κ2) is 9.05. The Bertz CT molecular complexity index is 890. The van der Waals surface area contributed by atoms with Gasteiger partial charge in [0.2, 0.25) is 5.91 Å². The number of carbonyl (C=O) groups is 4. The third kappa shape index (κ3) is 5.01. The first-order valence-electron chi connectivity index (χ1n) is 9.05. The normalized spacial score (nSPS) is 15.8. The van der Waals surface area contributed by atoms with Crippen LogP contribution in [-0.4, -0.2) is 43.4 Å². The minimum absolute atomic E-state index is 0.0149. The Labute approximate surface area is 166 Å². The Kier molecular flexibility index (Phi) is 6.28. The minimum atomic E-state index is -0.785. The van der Waals surface area contributed by atoms with Crippen LogP contribution >= 0.6 is 0 Å². The zero-order valence-electron chi connectivity index (χ0n) is 15.8. The molecule has 2 aromatic rings. The van der Waals surface area contributed by atoms with Crippen LogP contribution in [0.2, 0.25) is 0 Å². The molecule has 152 valence electrons. The van der Waals surface area contributed by atoms with Crippen molar-refractivity contribution in [2.45, 2.75) is 13.3 Å². The number of anilines is 1. The van der Waals surface area contributed by atoms with Crippen molar-refractivity contribution in [3.05, 3.63) is 48.4 Å². The van der Waals surface area contributed by atoms with Gasteiger partial charge in [0.15, 0.2) is 12.4 Å². The summed E-state index contributed by atoms with van der Waals surface area (Å²) in [5.74, 6) is -2.43. The van der Waals surface area contributed by atoms with Gasteiger partial charge >= 0.3 is 5.97 Å². The van der Waals surface area contributed by atoms with E-state index < -0.39 is 30.3 Å². The molecule has 9 heteroatoms. The number of nitrogens with zero attached hydrogens (tertiary/aromatic N) is 1. The van der Waals surface area contributed by atoms with E-state index in [1.54, 1.807) is 24.3 Å². The fourth-order valence-corrected chi connectivity index (χ4v) is 2.89. The second-order valence-electron chi connectivity index (χ2n) is 6.29. The molecule has 1 aliphatic heterocycles. The van der Waals surface area contributed by atoms with E-state index in [-0.39, 0.29) is 24.6 Å². The molecule has 1 atom stereocenters. The van der Waals surface area contributed by atoms with Crippen LogP contribution in [0.5, 0.6) is 5.75 Å². The van der Waals surface area contributed by atoms with Crippen molar-refractivity contribution in [1.82, 2.24) is 5.32 Å². The van der Waals surface area contributed by atoms with Crippen molar-refractivity contribution in [3.63, 3.8) is 0 Å². The van der Waals surface area contributed by atoms with Crippen LogP contribution in [0.25, 0.3) is 0 Å². The molecule has 3 amide bonds. The molecule has 1 N–H and O–H groups in total. The van der Waals surface area contributed by atoms with Gasteiger partial charge in [-0.1, -0.05) is 0 Å². The van der Waals surface area contributed by atoms with Gasteiger partial charge in [0, 0.05) is 18.7 Å². The Morgan fingerprint density at radius 2 is 1.97 bits per heavy atom. The maximum atomic E-state index is 12.3. The number of hydrogen-bond donors (Lipinski definition) is 1. The van der Waals surface area contributed by atoms with Crippen LogP contribution in [-0.2, 0) is 19.1 Å². The molecular formula is C20H20N2O7. The summed E-state index contributed by atoms with van der Waals surface area (Å²) >= 11 is 0. The number of rotatable bonds is 7. The largest absolute Gasteiger partial charge is 0.494 e. The second-order valence-corrected chi connectivity index (χ2v) is 6.29. The molecule has 29 heavy (non-hydrogen) atoms. The van der Waals surface area contributed by atoms with Crippen molar-refractivity contribution < 1.29 is 33.1 Å². The topological polar surface area (TPSA) is 115 Å². The quantitative estimate of drug-likeness (QED) is 0.701. The fraction of sp³-hybridized carbons (Fsp3) is 0.300. The number of nitrogens with one attached hydrogen (secondary N) is 1. The highest BCUT2D eigenvalue weighted by Gasteiger charge is 2.36. The van der Waals surface area contributed by atoms with Gasteiger partial charge in [-0.3, -0.25) is 24.5 Å². The SMILES string of the molecule is CCOc1ccc(N2C[C@H](C(=O)OCC(=O)NC(=O)c3ccco3)CC2=O)cc1.